The molecule has 2 atom stereocenters. The van der Waals surface area contributed by atoms with Gasteiger partial charge in [0, 0.05) is 31.2 Å². The predicted molar refractivity (Wildman–Crippen MR) is 83.4 cm³/mol. The zero-order chi connectivity index (χ0) is 15.7. The second kappa shape index (κ2) is 5.99. The molecule has 1 saturated heterocycles. The van der Waals surface area contributed by atoms with Gasteiger partial charge in [0.25, 0.3) is 5.91 Å². The molecule has 1 amide bonds. The minimum absolute atomic E-state index is 0.0524. The molecule has 1 heterocycles. The lowest BCUT2D eigenvalue weighted by Gasteiger charge is -2.43. The van der Waals surface area contributed by atoms with Crippen molar-refractivity contribution in [3.63, 3.8) is 0 Å². The van der Waals surface area contributed by atoms with Crippen molar-refractivity contribution in [1.29, 1.82) is 0 Å². The molecule has 22 heavy (non-hydrogen) atoms. The van der Waals surface area contributed by atoms with Gasteiger partial charge in [0.15, 0.2) is 0 Å². The number of likely N-dealkylation sites (tertiary alicyclic amines) is 1. The summed E-state index contributed by atoms with van der Waals surface area (Å²) in [5.74, 6) is -0.394. The molecule has 0 unspecified atom stereocenters. The summed E-state index contributed by atoms with van der Waals surface area (Å²) in [6.07, 6.45) is 5.74. The molecule has 1 aromatic carbocycles. The molecule has 1 aliphatic heterocycles. The van der Waals surface area contributed by atoms with E-state index < -0.39 is 0 Å². The number of rotatable bonds is 2. The number of carbonyl (C=O) groups is 1. The maximum atomic E-state index is 13.6. The van der Waals surface area contributed by atoms with Gasteiger partial charge in [0.05, 0.1) is 6.10 Å². The van der Waals surface area contributed by atoms with Crippen molar-refractivity contribution in [1.82, 2.24) is 4.90 Å². The van der Waals surface area contributed by atoms with E-state index in [2.05, 4.69) is 0 Å². The van der Waals surface area contributed by atoms with E-state index in [1.165, 1.54) is 18.6 Å². The van der Waals surface area contributed by atoms with Crippen LogP contribution in [0.15, 0.2) is 18.2 Å². The highest BCUT2D eigenvalue weighted by atomic mass is 19.1. The molecule has 1 aliphatic carbocycles. The van der Waals surface area contributed by atoms with E-state index in [-0.39, 0.29) is 23.2 Å². The molecule has 2 aliphatic rings. The highest BCUT2D eigenvalue weighted by Crippen LogP contribution is 2.46. The average molecular weight is 305 g/mol. The Morgan fingerprint density at radius 3 is 2.82 bits per heavy atom. The summed E-state index contributed by atoms with van der Waals surface area (Å²) in [5, 5.41) is 0. The van der Waals surface area contributed by atoms with Gasteiger partial charge in [-0.1, -0.05) is 6.42 Å². The number of ether oxygens (including phenoxy) is 1. The topological polar surface area (TPSA) is 29.5 Å². The molecule has 0 aromatic heterocycles. The number of aryl methyl sites for hydroxylation is 1. The molecule has 3 nitrogen and oxygen atoms in total. The second-order valence-electron chi connectivity index (χ2n) is 6.83. The molecule has 0 radical (unpaired) electrons. The third-order valence-electron chi connectivity index (χ3n) is 5.29. The molecule has 1 saturated carbocycles. The number of nitrogens with zero attached hydrogens (tertiary/aromatic N) is 1. The molecular formula is C18H24FNO2. The monoisotopic (exact) mass is 305 g/mol. The fraction of sp³-hybridized carbons (Fsp3) is 0.611. The predicted octanol–water partition coefficient (Wildman–Crippen LogP) is 3.56. The van der Waals surface area contributed by atoms with Crippen LogP contribution in [0.25, 0.3) is 0 Å². The summed E-state index contributed by atoms with van der Waals surface area (Å²) < 4.78 is 19.3. The first-order chi connectivity index (χ1) is 10.5. The van der Waals surface area contributed by atoms with Gasteiger partial charge in [-0.2, -0.15) is 0 Å². The number of carbonyl (C=O) groups excluding carboxylic acids is 1. The first-order valence-corrected chi connectivity index (χ1v) is 8.13. The summed E-state index contributed by atoms with van der Waals surface area (Å²) in [7, 11) is 1.77. The first-order valence-electron chi connectivity index (χ1n) is 8.13. The number of halogens is 1. The Morgan fingerprint density at radius 1 is 1.32 bits per heavy atom. The Labute approximate surface area is 131 Å². The lowest BCUT2D eigenvalue weighted by Crippen LogP contribution is -2.49. The Morgan fingerprint density at radius 2 is 2.09 bits per heavy atom. The van der Waals surface area contributed by atoms with Crippen LogP contribution in [0.4, 0.5) is 4.39 Å². The average Bonchev–Trinajstić information content (AvgIpc) is 2.87. The van der Waals surface area contributed by atoms with Crippen molar-refractivity contribution in [2.45, 2.75) is 45.1 Å². The minimum Gasteiger partial charge on any atom is -0.381 e. The first kappa shape index (κ1) is 15.5. The van der Waals surface area contributed by atoms with Crippen LogP contribution in [0, 0.1) is 18.2 Å². The van der Waals surface area contributed by atoms with E-state index in [1.807, 2.05) is 11.8 Å². The molecular weight excluding hydrogens is 281 g/mol. The van der Waals surface area contributed by atoms with Crippen molar-refractivity contribution in [2.75, 3.05) is 20.2 Å². The van der Waals surface area contributed by atoms with Gasteiger partial charge in [0.1, 0.15) is 5.82 Å². The van der Waals surface area contributed by atoms with Crippen LogP contribution in [0.5, 0.6) is 0 Å². The number of amides is 1. The largest absolute Gasteiger partial charge is 0.381 e. The van der Waals surface area contributed by atoms with Crippen molar-refractivity contribution >= 4 is 5.91 Å². The summed E-state index contributed by atoms with van der Waals surface area (Å²) >= 11 is 0. The Kier molecular flexibility index (Phi) is 4.22. The molecule has 4 heteroatoms. The lowest BCUT2D eigenvalue weighted by molar-refractivity contribution is -0.0295. The van der Waals surface area contributed by atoms with Gasteiger partial charge in [0.2, 0.25) is 0 Å². The van der Waals surface area contributed by atoms with Crippen LogP contribution in [-0.2, 0) is 4.74 Å². The van der Waals surface area contributed by atoms with E-state index in [0.29, 0.717) is 5.56 Å². The normalized spacial score (nSPS) is 28.3. The quantitative estimate of drug-likeness (QED) is 0.836. The van der Waals surface area contributed by atoms with Crippen LogP contribution in [0.1, 0.15) is 48.0 Å². The van der Waals surface area contributed by atoms with E-state index >= 15 is 0 Å². The number of hydrogen-bond acceptors (Lipinski definition) is 2. The zero-order valence-electron chi connectivity index (χ0n) is 13.4. The molecule has 120 valence electrons. The van der Waals surface area contributed by atoms with E-state index in [4.69, 9.17) is 4.74 Å². The molecule has 0 N–H and O–H groups in total. The molecule has 1 spiro atoms. The van der Waals surface area contributed by atoms with Gasteiger partial charge >= 0.3 is 0 Å². The van der Waals surface area contributed by atoms with Crippen LogP contribution < -0.4 is 0 Å². The van der Waals surface area contributed by atoms with Crippen molar-refractivity contribution in [2.24, 2.45) is 5.41 Å². The summed E-state index contributed by atoms with van der Waals surface area (Å²) in [4.78, 5) is 14.7. The van der Waals surface area contributed by atoms with E-state index in [9.17, 15) is 9.18 Å². The highest BCUT2D eigenvalue weighted by molar-refractivity contribution is 5.94. The maximum Gasteiger partial charge on any atom is 0.253 e. The van der Waals surface area contributed by atoms with Crippen molar-refractivity contribution in [3.05, 3.63) is 35.1 Å². The Balaban J connectivity index is 1.81. The van der Waals surface area contributed by atoms with Gasteiger partial charge in [-0.15, -0.1) is 0 Å². The molecule has 2 fully saturated rings. The number of methoxy groups -OCH3 is 1. The van der Waals surface area contributed by atoms with Crippen LogP contribution in [0.3, 0.4) is 0 Å². The maximum absolute atomic E-state index is 13.6. The second-order valence-corrected chi connectivity index (χ2v) is 6.83. The lowest BCUT2D eigenvalue weighted by atomic mass is 9.76. The Bertz CT molecular complexity index is 554. The van der Waals surface area contributed by atoms with Crippen LogP contribution >= 0.6 is 0 Å². The van der Waals surface area contributed by atoms with E-state index in [0.717, 1.165) is 44.3 Å². The Hall–Kier alpha value is -1.42. The number of hydrogen-bond donors (Lipinski definition) is 0. The smallest absolute Gasteiger partial charge is 0.253 e. The van der Waals surface area contributed by atoms with E-state index in [1.54, 1.807) is 13.2 Å². The van der Waals surface area contributed by atoms with Gasteiger partial charge in [-0.05, 0) is 56.4 Å². The molecule has 3 rings (SSSR count). The van der Waals surface area contributed by atoms with Gasteiger partial charge in [-0.3, -0.25) is 4.79 Å². The van der Waals surface area contributed by atoms with Gasteiger partial charge < -0.3 is 9.64 Å². The fourth-order valence-corrected chi connectivity index (χ4v) is 4.32. The number of benzene rings is 1. The molecule has 1 aromatic rings. The van der Waals surface area contributed by atoms with Gasteiger partial charge in [-0.25, -0.2) is 4.39 Å². The summed E-state index contributed by atoms with van der Waals surface area (Å²) in [6, 6.07) is 4.57. The standard InChI is InChI=1S/C18H24FNO2/c1-13-9-14(11-15(19)10-13)17(21)20-8-4-7-18(12-20)6-3-5-16(18)22-2/h9-11,16H,3-8,12H2,1-2H3/t16-,18-/m1/s1. The third kappa shape index (κ3) is 2.76. The SMILES string of the molecule is CO[C@@H]1CCC[C@]12CCCN(C(=O)c1cc(C)cc(F)c1)C2. The van der Waals surface area contributed by atoms with Crippen LogP contribution in [-0.4, -0.2) is 37.1 Å². The number of piperidine rings is 1. The van der Waals surface area contributed by atoms with Crippen molar-refractivity contribution in [3.8, 4) is 0 Å². The summed E-state index contributed by atoms with van der Waals surface area (Å²) in [5.41, 5.74) is 1.35. The third-order valence-corrected chi connectivity index (χ3v) is 5.29. The molecule has 0 bridgehead atoms. The zero-order valence-corrected chi connectivity index (χ0v) is 13.4. The highest BCUT2D eigenvalue weighted by Gasteiger charge is 2.46. The summed E-state index contributed by atoms with van der Waals surface area (Å²) in [6.45, 7) is 3.31. The fourth-order valence-electron chi connectivity index (χ4n) is 4.32. The van der Waals surface area contributed by atoms with Crippen LogP contribution in [0.2, 0.25) is 0 Å². The van der Waals surface area contributed by atoms with Crippen molar-refractivity contribution < 1.29 is 13.9 Å². The minimum atomic E-state index is -0.342.